The highest BCUT2D eigenvalue weighted by molar-refractivity contribution is 6.33. The molecule has 0 heterocycles. The summed E-state index contributed by atoms with van der Waals surface area (Å²) in [5.74, 6) is 0.0240. The van der Waals surface area contributed by atoms with E-state index in [0.717, 1.165) is 18.2 Å². The lowest BCUT2D eigenvalue weighted by atomic mass is 10.2. The van der Waals surface area contributed by atoms with Gasteiger partial charge in [-0.3, -0.25) is 4.79 Å². The van der Waals surface area contributed by atoms with Gasteiger partial charge in [-0.25, -0.2) is 0 Å². The molecular weight excluding hydrogens is 345 g/mol. The number of halogens is 4. The average molecular weight is 359 g/mol. The molecule has 0 unspecified atom stereocenters. The number of nitrogens with one attached hydrogen (secondary N) is 2. The first kappa shape index (κ1) is 17.9. The third kappa shape index (κ3) is 4.55. The van der Waals surface area contributed by atoms with E-state index in [1.165, 1.54) is 7.11 Å². The predicted molar refractivity (Wildman–Crippen MR) is 86.6 cm³/mol. The van der Waals surface area contributed by atoms with Gasteiger partial charge < -0.3 is 15.4 Å². The molecule has 2 aromatic rings. The van der Waals surface area contributed by atoms with Crippen molar-refractivity contribution in [2.45, 2.75) is 6.18 Å². The van der Waals surface area contributed by atoms with E-state index in [9.17, 15) is 18.0 Å². The van der Waals surface area contributed by atoms with Gasteiger partial charge in [-0.1, -0.05) is 23.7 Å². The van der Waals surface area contributed by atoms with Gasteiger partial charge in [0.05, 0.1) is 35.6 Å². The molecular formula is C16H14ClF3N2O2. The Kier molecular flexibility index (Phi) is 5.56. The number of benzene rings is 2. The third-order valence-electron chi connectivity index (χ3n) is 3.11. The van der Waals surface area contributed by atoms with Gasteiger partial charge in [0, 0.05) is 0 Å². The molecule has 2 N–H and O–H groups in total. The van der Waals surface area contributed by atoms with Gasteiger partial charge in [-0.2, -0.15) is 13.2 Å². The second kappa shape index (κ2) is 7.44. The first-order chi connectivity index (χ1) is 11.3. The van der Waals surface area contributed by atoms with Crippen molar-refractivity contribution in [3.63, 3.8) is 0 Å². The van der Waals surface area contributed by atoms with Gasteiger partial charge in [0.25, 0.3) is 0 Å². The summed E-state index contributed by atoms with van der Waals surface area (Å²) in [5, 5.41) is 5.29. The lowest BCUT2D eigenvalue weighted by molar-refractivity contribution is -0.137. The molecule has 24 heavy (non-hydrogen) atoms. The topological polar surface area (TPSA) is 50.4 Å². The monoisotopic (exact) mass is 358 g/mol. The van der Waals surface area contributed by atoms with Gasteiger partial charge in [0.2, 0.25) is 5.91 Å². The van der Waals surface area contributed by atoms with E-state index < -0.39 is 17.6 Å². The van der Waals surface area contributed by atoms with Crippen LogP contribution in [0.15, 0.2) is 42.5 Å². The van der Waals surface area contributed by atoms with E-state index >= 15 is 0 Å². The molecule has 0 spiro atoms. The van der Waals surface area contributed by atoms with Crippen LogP contribution < -0.4 is 15.4 Å². The van der Waals surface area contributed by atoms with E-state index in [1.807, 2.05) is 0 Å². The van der Waals surface area contributed by atoms with Gasteiger partial charge in [0.1, 0.15) is 5.75 Å². The molecule has 0 aliphatic carbocycles. The number of methoxy groups -OCH3 is 1. The molecule has 0 atom stereocenters. The molecule has 0 saturated heterocycles. The molecule has 0 aliphatic rings. The zero-order valence-electron chi connectivity index (χ0n) is 12.6. The smallest absolute Gasteiger partial charge is 0.416 e. The molecule has 2 aromatic carbocycles. The molecule has 128 valence electrons. The molecule has 2 rings (SSSR count). The summed E-state index contributed by atoms with van der Waals surface area (Å²) in [6.07, 6.45) is -4.49. The first-order valence-corrected chi connectivity index (χ1v) is 7.22. The van der Waals surface area contributed by atoms with Gasteiger partial charge in [-0.05, 0) is 30.3 Å². The Bertz CT molecular complexity index is 736. The summed E-state index contributed by atoms with van der Waals surface area (Å²) >= 11 is 5.86. The fourth-order valence-electron chi connectivity index (χ4n) is 1.95. The third-order valence-corrected chi connectivity index (χ3v) is 3.44. The van der Waals surface area contributed by atoms with Crippen molar-refractivity contribution in [1.29, 1.82) is 0 Å². The zero-order chi connectivity index (χ0) is 17.7. The van der Waals surface area contributed by atoms with Crippen molar-refractivity contribution in [3.05, 3.63) is 53.1 Å². The number of amides is 1. The Morgan fingerprint density at radius 3 is 2.54 bits per heavy atom. The number of rotatable bonds is 5. The van der Waals surface area contributed by atoms with E-state index in [-0.39, 0.29) is 17.3 Å². The maximum Gasteiger partial charge on any atom is 0.416 e. The van der Waals surface area contributed by atoms with Crippen molar-refractivity contribution in [3.8, 4) is 5.75 Å². The largest absolute Gasteiger partial charge is 0.495 e. The molecule has 8 heteroatoms. The van der Waals surface area contributed by atoms with E-state index in [4.69, 9.17) is 16.3 Å². The Morgan fingerprint density at radius 1 is 1.17 bits per heavy atom. The number of carbonyl (C=O) groups is 1. The second-order valence-electron chi connectivity index (χ2n) is 4.79. The highest BCUT2D eigenvalue weighted by atomic mass is 35.5. The maximum absolute atomic E-state index is 12.7. The minimum absolute atomic E-state index is 0.0293. The van der Waals surface area contributed by atoms with Crippen LogP contribution in [0.5, 0.6) is 5.75 Å². The Hall–Kier alpha value is -2.41. The molecule has 0 fully saturated rings. The molecule has 1 amide bonds. The highest BCUT2D eigenvalue weighted by Crippen LogP contribution is 2.33. The summed E-state index contributed by atoms with van der Waals surface area (Å²) < 4.78 is 43.2. The van der Waals surface area contributed by atoms with Crippen molar-refractivity contribution in [1.82, 2.24) is 0 Å². The van der Waals surface area contributed by atoms with Crippen LogP contribution >= 0.6 is 11.6 Å². The van der Waals surface area contributed by atoms with Crippen LogP contribution in [0.3, 0.4) is 0 Å². The predicted octanol–water partition coefficient (Wildman–Crippen LogP) is 4.42. The van der Waals surface area contributed by atoms with Crippen LogP contribution in [0.25, 0.3) is 0 Å². The van der Waals surface area contributed by atoms with Crippen LogP contribution in [0.1, 0.15) is 5.56 Å². The number of anilines is 2. The minimum atomic E-state index is -4.49. The number of hydrogen-bond donors (Lipinski definition) is 2. The minimum Gasteiger partial charge on any atom is -0.495 e. The SMILES string of the molecule is COc1ccccc1NC(=O)CNc1cc(C(F)(F)F)ccc1Cl. The number of ether oxygens (including phenoxy) is 1. The molecule has 0 aliphatic heterocycles. The second-order valence-corrected chi connectivity index (χ2v) is 5.20. The van der Waals surface area contributed by atoms with Gasteiger partial charge in [0.15, 0.2) is 0 Å². The maximum atomic E-state index is 12.7. The van der Waals surface area contributed by atoms with Crippen molar-refractivity contribution < 1.29 is 22.7 Å². The normalized spacial score (nSPS) is 11.0. The standard InChI is InChI=1S/C16H14ClF3N2O2/c1-24-14-5-3-2-4-12(14)22-15(23)9-21-13-8-10(16(18,19)20)6-7-11(13)17/h2-8,21H,9H2,1H3,(H,22,23). The average Bonchev–Trinajstić information content (AvgIpc) is 2.53. The Morgan fingerprint density at radius 2 is 1.88 bits per heavy atom. The molecule has 4 nitrogen and oxygen atoms in total. The number of para-hydroxylation sites is 2. The van der Waals surface area contributed by atoms with Crippen LogP contribution in [0.4, 0.5) is 24.5 Å². The highest BCUT2D eigenvalue weighted by Gasteiger charge is 2.30. The summed E-state index contributed by atoms with van der Waals surface area (Å²) in [6.45, 7) is -0.251. The fraction of sp³-hybridized carbons (Fsp3) is 0.188. The van der Waals surface area contributed by atoms with Gasteiger partial charge in [-0.15, -0.1) is 0 Å². The molecule has 0 radical (unpaired) electrons. The van der Waals surface area contributed by atoms with Crippen molar-refractivity contribution in [2.24, 2.45) is 0 Å². The van der Waals surface area contributed by atoms with Crippen LogP contribution in [-0.4, -0.2) is 19.6 Å². The Balaban J connectivity index is 2.04. The summed E-state index contributed by atoms with van der Waals surface area (Å²) in [5.41, 5.74) is -0.358. The van der Waals surface area contributed by atoms with Crippen LogP contribution in [0, 0.1) is 0 Å². The fourth-order valence-corrected chi connectivity index (χ4v) is 2.14. The summed E-state index contributed by atoms with van der Waals surface area (Å²) in [4.78, 5) is 12.0. The molecule has 0 saturated carbocycles. The van der Waals surface area contributed by atoms with Crippen molar-refractivity contribution >= 4 is 28.9 Å². The lowest BCUT2D eigenvalue weighted by Crippen LogP contribution is -2.22. The van der Waals surface area contributed by atoms with E-state index in [1.54, 1.807) is 24.3 Å². The number of alkyl halides is 3. The number of hydrogen-bond acceptors (Lipinski definition) is 3. The number of carbonyl (C=O) groups excluding carboxylic acids is 1. The molecule has 0 bridgehead atoms. The van der Waals surface area contributed by atoms with E-state index in [0.29, 0.717) is 11.4 Å². The summed E-state index contributed by atoms with van der Waals surface area (Å²) in [7, 11) is 1.46. The summed E-state index contributed by atoms with van der Waals surface area (Å²) in [6, 6.07) is 9.65. The van der Waals surface area contributed by atoms with Gasteiger partial charge >= 0.3 is 6.18 Å². The Labute approximate surface area is 141 Å². The van der Waals surface area contributed by atoms with Crippen LogP contribution in [-0.2, 0) is 11.0 Å². The van der Waals surface area contributed by atoms with Crippen LogP contribution in [0.2, 0.25) is 5.02 Å². The molecule has 0 aromatic heterocycles. The van der Waals surface area contributed by atoms with E-state index in [2.05, 4.69) is 10.6 Å². The van der Waals surface area contributed by atoms with Crippen molar-refractivity contribution in [2.75, 3.05) is 24.3 Å². The zero-order valence-corrected chi connectivity index (χ0v) is 13.3. The lowest BCUT2D eigenvalue weighted by Gasteiger charge is -2.13. The first-order valence-electron chi connectivity index (χ1n) is 6.84. The quantitative estimate of drug-likeness (QED) is 0.832.